The van der Waals surface area contributed by atoms with E-state index in [1.807, 2.05) is 0 Å². The van der Waals surface area contributed by atoms with E-state index in [2.05, 4.69) is 5.10 Å². The Hall–Kier alpha value is -2.04. The van der Waals surface area contributed by atoms with Gasteiger partial charge < -0.3 is 9.84 Å². The van der Waals surface area contributed by atoms with Crippen LogP contribution in [0.2, 0.25) is 0 Å². The fraction of sp³-hybridized carbons (Fsp3) is 0.200. The molecule has 0 amide bonds. The van der Waals surface area contributed by atoms with Crippen molar-refractivity contribution in [2.24, 2.45) is 7.05 Å². The number of fused-ring (bicyclic) bond motifs is 1. The summed E-state index contributed by atoms with van der Waals surface area (Å²) in [6, 6.07) is 2.97. The first-order chi connectivity index (χ1) is 7.13. The molecule has 0 fully saturated rings. The lowest BCUT2D eigenvalue weighted by Crippen LogP contribution is -2.18. The number of rotatable bonds is 1. The Labute approximate surface area is 85.5 Å². The zero-order valence-electron chi connectivity index (χ0n) is 8.39. The maximum atomic E-state index is 11.7. The lowest BCUT2D eigenvalue weighted by atomic mass is 10.2. The lowest BCUT2D eigenvalue weighted by molar-refractivity contribution is 0.374. The van der Waals surface area contributed by atoms with Gasteiger partial charge in [0.05, 0.1) is 18.7 Å². The SMILES string of the molecule is COc1cc2c(=O)n(C)ncc2cc1O. The molecule has 0 spiro atoms. The number of phenols is 1. The number of methoxy groups -OCH3 is 1. The van der Waals surface area contributed by atoms with E-state index in [9.17, 15) is 9.90 Å². The number of nitrogens with zero attached hydrogens (tertiary/aromatic N) is 2. The monoisotopic (exact) mass is 206 g/mol. The Bertz CT molecular complexity index is 575. The van der Waals surface area contributed by atoms with Gasteiger partial charge in [0.15, 0.2) is 11.5 Å². The first-order valence-corrected chi connectivity index (χ1v) is 4.36. The Kier molecular flexibility index (Phi) is 2.07. The van der Waals surface area contributed by atoms with E-state index in [0.717, 1.165) is 0 Å². The number of phenolic OH excluding ortho intramolecular Hbond substituents is 1. The minimum Gasteiger partial charge on any atom is -0.504 e. The molecule has 15 heavy (non-hydrogen) atoms. The van der Waals surface area contributed by atoms with Crippen molar-refractivity contribution >= 4 is 10.8 Å². The average molecular weight is 206 g/mol. The van der Waals surface area contributed by atoms with Gasteiger partial charge in [-0.25, -0.2) is 4.68 Å². The molecule has 2 aromatic rings. The minimum atomic E-state index is -0.217. The van der Waals surface area contributed by atoms with Crippen molar-refractivity contribution in [2.45, 2.75) is 0 Å². The standard InChI is InChI=1S/C10H10N2O3/c1-12-10(14)7-4-9(15-2)8(13)3-6(7)5-11-12/h3-5,13H,1-2H3. The molecule has 0 radical (unpaired) electrons. The largest absolute Gasteiger partial charge is 0.504 e. The number of hydrogen-bond acceptors (Lipinski definition) is 4. The van der Waals surface area contributed by atoms with Crippen molar-refractivity contribution in [3.63, 3.8) is 0 Å². The van der Waals surface area contributed by atoms with Crippen LogP contribution in [0.15, 0.2) is 23.1 Å². The van der Waals surface area contributed by atoms with E-state index in [1.54, 1.807) is 7.05 Å². The molecule has 0 bridgehead atoms. The van der Waals surface area contributed by atoms with E-state index in [1.165, 1.54) is 30.1 Å². The summed E-state index contributed by atoms with van der Waals surface area (Å²) in [5.41, 5.74) is -0.217. The van der Waals surface area contributed by atoms with E-state index in [-0.39, 0.29) is 17.1 Å². The van der Waals surface area contributed by atoms with Gasteiger partial charge in [-0.05, 0) is 12.1 Å². The summed E-state index contributed by atoms with van der Waals surface area (Å²) in [7, 11) is 3.01. The summed E-state index contributed by atoms with van der Waals surface area (Å²) in [5.74, 6) is 0.283. The molecule has 0 saturated heterocycles. The van der Waals surface area contributed by atoms with Gasteiger partial charge in [-0.3, -0.25) is 4.79 Å². The van der Waals surface area contributed by atoms with Gasteiger partial charge in [-0.15, -0.1) is 0 Å². The van der Waals surface area contributed by atoms with Gasteiger partial charge in [0.25, 0.3) is 5.56 Å². The van der Waals surface area contributed by atoms with E-state index >= 15 is 0 Å². The fourth-order valence-electron chi connectivity index (χ4n) is 1.42. The second-order valence-corrected chi connectivity index (χ2v) is 3.18. The van der Waals surface area contributed by atoms with Crippen LogP contribution in [0.1, 0.15) is 0 Å². The van der Waals surface area contributed by atoms with Crippen LogP contribution in [0.5, 0.6) is 11.5 Å². The average Bonchev–Trinajstić information content (AvgIpc) is 2.23. The predicted octanol–water partition coefficient (Wildman–Crippen LogP) is 0.648. The van der Waals surface area contributed by atoms with Crippen LogP contribution in [-0.2, 0) is 7.05 Å². The third-order valence-corrected chi connectivity index (χ3v) is 2.25. The Morgan fingerprint density at radius 1 is 1.47 bits per heavy atom. The molecule has 5 heteroatoms. The van der Waals surface area contributed by atoms with Gasteiger partial charge in [-0.2, -0.15) is 5.10 Å². The topological polar surface area (TPSA) is 64.4 Å². The third-order valence-electron chi connectivity index (χ3n) is 2.25. The smallest absolute Gasteiger partial charge is 0.274 e. The number of hydrogen-bond donors (Lipinski definition) is 1. The quantitative estimate of drug-likeness (QED) is 0.744. The van der Waals surface area contributed by atoms with E-state index in [0.29, 0.717) is 10.8 Å². The number of ether oxygens (including phenoxy) is 1. The summed E-state index contributed by atoms with van der Waals surface area (Å²) in [6.45, 7) is 0. The number of aromatic hydroxyl groups is 1. The molecule has 0 unspecified atom stereocenters. The Morgan fingerprint density at radius 3 is 2.87 bits per heavy atom. The molecular formula is C10H10N2O3. The molecule has 78 valence electrons. The number of aryl methyl sites for hydroxylation is 1. The maximum absolute atomic E-state index is 11.7. The second kappa shape index (κ2) is 3.27. The predicted molar refractivity (Wildman–Crippen MR) is 55.2 cm³/mol. The molecule has 0 aliphatic carbocycles. The maximum Gasteiger partial charge on any atom is 0.274 e. The van der Waals surface area contributed by atoms with Crippen molar-refractivity contribution in [1.82, 2.24) is 9.78 Å². The van der Waals surface area contributed by atoms with E-state index < -0.39 is 0 Å². The molecule has 2 rings (SSSR count). The lowest BCUT2D eigenvalue weighted by Gasteiger charge is -2.05. The summed E-state index contributed by atoms with van der Waals surface area (Å²) in [6.07, 6.45) is 1.52. The van der Waals surface area contributed by atoms with Gasteiger partial charge in [-0.1, -0.05) is 0 Å². The van der Waals surface area contributed by atoms with Crippen LogP contribution in [-0.4, -0.2) is 22.0 Å². The highest BCUT2D eigenvalue weighted by molar-refractivity contribution is 5.84. The van der Waals surface area contributed by atoms with Crippen LogP contribution >= 0.6 is 0 Å². The summed E-state index contributed by atoms with van der Waals surface area (Å²) >= 11 is 0. The van der Waals surface area contributed by atoms with Gasteiger partial charge >= 0.3 is 0 Å². The highest BCUT2D eigenvalue weighted by Crippen LogP contribution is 2.28. The molecule has 5 nitrogen and oxygen atoms in total. The minimum absolute atomic E-state index is 0.0000491. The highest BCUT2D eigenvalue weighted by atomic mass is 16.5. The van der Waals surface area contributed by atoms with Gasteiger partial charge in [0.1, 0.15) is 0 Å². The van der Waals surface area contributed by atoms with Crippen molar-refractivity contribution in [3.05, 3.63) is 28.7 Å². The van der Waals surface area contributed by atoms with Gasteiger partial charge in [0, 0.05) is 12.4 Å². The molecule has 0 saturated carbocycles. The summed E-state index contributed by atoms with van der Waals surface area (Å²) in [4.78, 5) is 11.7. The van der Waals surface area contributed by atoms with Crippen LogP contribution in [0.4, 0.5) is 0 Å². The van der Waals surface area contributed by atoms with Crippen molar-refractivity contribution in [1.29, 1.82) is 0 Å². The number of aromatic nitrogens is 2. The number of benzene rings is 1. The summed E-state index contributed by atoms with van der Waals surface area (Å²) in [5, 5.41) is 14.4. The Morgan fingerprint density at radius 2 is 2.20 bits per heavy atom. The molecular weight excluding hydrogens is 196 g/mol. The van der Waals surface area contributed by atoms with Gasteiger partial charge in [0.2, 0.25) is 0 Å². The molecule has 0 aliphatic heterocycles. The van der Waals surface area contributed by atoms with E-state index in [4.69, 9.17) is 4.74 Å². The van der Waals surface area contributed by atoms with Crippen LogP contribution in [0.3, 0.4) is 0 Å². The first-order valence-electron chi connectivity index (χ1n) is 4.36. The van der Waals surface area contributed by atoms with Crippen LogP contribution in [0, 0.1) is 0 Å². The first kappa shape index (κ1) is 9.51. The molecule has 1 aromatic heterocycles. The molecule has 0 aliphatic rings. The highest BCUT2D eigenvalue weighted by Gasteiger charge is 2.07. The molecule has 1 aromatic carbocycles. The second-order valence-electron chi connectivity index (χ2n) is 3.18. The zero-order valence-corrected chi connectivity index (χ0v) is 8.39. The molecule has 1 N–H and O–H groups in total. The third kappa shape index (κ3) is 1.41. The fourth-order valence-corrected chi connectivity index (χ4v) is 1.42. The molecule has 0 atom stereocenters. The summed E-state index contributed by atoms with van der Waals surface area (Å²) < 4.78 is 6.16. The van der Waals surface area contributed by atoms with Crippen LogP contribution < -0.4 is 10.3 Å². The normalized spacial score (nSPS) is 10.5. The zero-order chi connectivity index (χ0) is 11.0. The Balaban J connectivity index is 2.89. The van der Waals surface area contributed by atoms with Crippen molar-refractivity contribution < 1.29 is 9.84 Å². The van der Waals surface area contributed by atoms with Crippen molar-refractivity contribution in [2.75, 3.05) is 7.11 Å². The van der Waals surface area contributed by atoms with Crippen molar-refractivity contribution in [3.8, 4) is 11.5 Å². The van der Waals surface area contributed by atoms with Crippen LogP contribution in [0.25, 0.3) is 10.8 Å². The molecule has 1 heterocycles.